The third-order valence-electron chi connectivity index (χ3n) is 3.80. The van der Waals surface area contributed by atoms with Crippen molar-refractivity contribution in [3.05, 3.63) is 69.2 Å². The molecule has 0 aliphatic carbocycles. The van der Waals surface area contributed by atoms with Gasteiger partial charge in [0.1, 0.15) is 0 Å². The van der Waals surface area contributed by atoms with Crippen molar-refractivity contribution in [3.63, 3.8) is 0 Å². The molecule has 2 rings (SSSR count). The predicted molar refractivity (Wildman–Crippen MR) is 87.6 cm³/mol. The average Bonchev–Trinajstić information content (AvgIpc) is 2.36. The molecule has 2 N–H and O–H groups in total. The number of hydrogen-bond acceptors (Lipinski definition) is 1. The Labute approximate surface area is 126 Å². The monoisotopic (exact) mass is 287 g/mol. The summed E-state index contributed by atoms with van der Waals surface area (Å²) in [7, 11) is 0. The summed E-state index contributed by atoms with van der Waals surface area (Å²) in [5.41, 5.74) is 12.6. The van der Waals surface area contributed by atoms with Crippen LogP contribution in [0.15, 0.2) is 36.4 Å². The molecule has 0 spiro atoms. The van der Waals surface area contributed by atoms with E-state index in [1.165, 1.54) is 27.8 Å². The summed E-state index contributed by atoms with van der Waals surface area (Å²) >= 11 is 6.07. The third-order valence-corrected chi connectivity index (χ3v) is 4.04. The molecule has 0 aromatic heterocycles. The first-order valence-corrected chi connectivity index (χ1v) is 7.41. The van der Waals surface area contributed by atoms with Crippen LogP contribution in [0.3, 0.4) is 0 Å². The highest BCUT2D eigenvalue weighted by molar-refractivity contribution is 6.30. The van der Waals surface area contributed by atoms with Crippen LogP contribution in [0.1, 0.15) is 33.7 Å². The molecule has 2 heteroatoms. The van der Waals surface area contributed by atoms with E-state index in [-0.39, 0.29) is 0 Å². The predicted octanol–water partition coefficient (Wildman–Crippen LogP) is 4.55. The average molecular weight is 288 g/mol. The van der Waals surface area contributed by atoms with Crippen LogP contribution in [0, 0.1) is 20.8 Å². The van der Waals surface area contributed by atoms with Gasteiger partial charge in [-0.05, 0) is 68.1 Å². The van der Waals surface area contributed by atoms with Gasteiger partial charge in [0.15, 0.2) is 0 Å². The summed E-state index contributed by atoms with van der Waals surface area (Å²) in [6.07, 6.45) is 0.932. The van der Waals surface area contributed by atoms with Crippen LogP contribution in [0.2, 0.25) is 5.02 Å². The Hall–Kier alpha value is -1.31. The standard InChI is InChI=1S/C18H22ClN/c1-12-7-13(2)18(14(3)8-12)16(11-20)9-15-5-4-6-17(19)10-15/h4-8,10,16H,9,11,20H2,1-3H3. The minimum absolute atomic E-state index is 0.342. The quantitative estimate of drug-likeness (QED) is 0.877. The maximum atomic E-state index is 6.07. The van der Waals surface area contributed by atoms with Gasteiger partial charge in [-0.25, -0.2) is 0 Å². The van der Waals surface area contributed by atoms with Crippen molar-refractivity contribution in [2.75, 3.05) is 6.54 Å². The summed E-state index contributed by atoms with van der Waals surface area (Å²) in [6.45, 7) is 7.14. The number of hydrogen-bond donors (Lipinski definition) is 1. The zero-order valence-corrected chi connectivity index (χ0v) is 13.2. The lowest BCUT2D eigenvalue weighted by atomic mass is 9.85. The van der Waals surface area contributed by atoms with E-state index in [2.05, 4.69) is 39.0 Å². The highest BCUT2D eigenvalue weighted by atomic mass is 35.5. The second-order valence-corrected chi connectivity index (χ2v) is 6.02. The van der Waals surface area contributed by atoms with Crippen LogP contribution in [-0.4, -0.2) is 6.54 Å². The lowest BCUT2D eigenvalue weighted by Crippen LogP contribution is -2.17. The normalized spacial score (nSPS) is 12.4. The highest BCUT2D eigenvalue weighted by Crippen LogP contribution is 2.28. The molecular weight excluding hydrogens is 266 g/mol. The van der Waals surface area contributed by atoms with Gasteiger partial charge < -0.3 is 5.73 Å². The Morgan fingerprint density at radius 1 is 1.05 bits per heavy atom. The van der Waals surface area contributed by atoms with Gasteiger partial charge in [0.05, 0.1) is 0 Å². The number of halogens is 1. The van der Waals surface area contributed by atoms with E-state index in [4.69, 9.17) is 17.3 Å². The maximum absolute atomic E-state index is 6.07. The van der Waals surface area contributed by atoms with Gasteiger partial charge in [0.2, 0.25) is 0 Å². The molecule has 0 saturated heterocycles. The van der Waals surface area contributed by atoms with Crippen LogP contribution in [0.5, 0.6) is 0 Å². The molecule has 1 atom stereocenters. The van der Waals surface area contributed by atoms with Crippen molar-refractivity contribution in [2.24, 2.45) is 5.73 Å². The van der Waals surface area contributed by atoms with E-state index in [9.17, 15) is 0 Å². The van der Waals surface area contributed by atoms with Gasteiger partial charge >= 0.3 is 0 Å². The zero-order chi connectivity index (χ0) is 14.7. The SMILES string of the molecule is Cc1cc(C)c(C(CN)Cc2cccc(Cl)c2)c(C)c1. The molecule has 0 radical (unpaired) electrons. The van der Waals surface area contributed by atoms with Crippen molar-refractivity contribution in [1.29, 1.82) is 0 Å². The molecule has 0 heterocycles. The molecular formula is C18H22ClN. The highest BCUT2D eigenvalue weighted by Gasteiger charge is 2.16. The Kier molecular flexibility index (Phi) is 4.85. The molecule has 0 aliphatic rings. The first-order chi connectivity index (χ1) is 9.51. The zero-order valence-electron chi connectivity index (χ0n) is 12.4. The lowest BCUT2D eigenvalue weighted by molar-refractivity contribution is 0.685. The Bertz CT molecular complexity index is 581. The van der Waals surface area contributed by atoms with Crippen LogP contribution in [0.25, 0.3) is 0 Å². The summed E-state index contributed by atoms with van der Waals surface area (Å²) in [5, 5.41) is 0.788. The van der Waals surface area contributed by atoms with E-state index in [0.717, 1.165) is 11.4 Å². The summed E-state index contributed by atoms with van der Waals surface area (Å²) < 4.78 is 0. The first kappa shape index (κ1) is 15.1. The molecule has 20 heavy (non-hydrogen) atoms. The first-order valence-electron chi connectivity index (χ1n) is 7.03. The van der Waals surface area contributed by atoms with Crippen molar-refractivity contribution in [3.8, 4) is 0 Å². The number of rotatable bonds is 4. The van der Waals surface area contributed by atoms with E-state index >= 15 is 0 Å². The Morgan fingerprint density at radius 2 is 1.70 bits per heavy atom. The Morgan fingerprint density at radius 3 is 2.25 bits per heavy atom. The van der Waals surface area contributed by atoms with Gasteiger partial charge in [-0.2, -0.15) is 0 Å². The van der Waals surface area contributed by atoms with E-state index in [1.54, 1.807) is 0 Å². The second-order valence-electron chi connectivity index (χ2n) is 5.58. The van der Waals surface area contributed by atoms with Crippen LogP contribution in [-0.2, 0) is 6.42 Å². The maximum Gasteiger partial charge on any atom is 0.0408 e. The fraction of sp³-hybridized carbons (Fsp3) is 0.333. The molecule has 2 aromatic carbocycles. The molecule has 1 nitrogen and oxygen atoms in total. The summed E-state index contributed by atoms with van der Waals surface area (Å²) in [6, 6.07) is 12.5. The minimum atomic E-state index is 0.342. The fourth-order valence-corrected chi connectivity index (χ4v) is 3.30. The number of nitrogens with two attached hydrogens (primary N) is 1. The largest absolute Gasteiger partial charge is 0.330 e. The smallest absolute Gasteiger partial charge is 0.0408 e. The van der Waals surface area contributed by atoms with E-state index in [1.807, 2.05) is 18.2 Å². The second kappa shape index (κ2) is 6.43. The van der Waals surface area contributed by atoms with Gasteiger partial charge in [0, 0.05) is 10.9 Å². The molecule has 0 amide bonds. The molecule has 0 aliphatic heterocycles. The van der Waals surface area contributed by atoms with Crippen LogP contribution < -0.4 is 5.73 Å². The van der Waals surface area contributed by atoms with Gasteiger partial charge in [-0.3, -0.25) is 0 Å². The molecule has 0 saturated carbocycles. The van der Waals surface area contributed by atoms with E-state index < -0.39 is 0 Å². The molecule has 0 fully saturated rings. The van der Waals surface area contributed by atoms with Crippen molar-refractivity contribution in [1.82, 2.24) is 0 Å². The number of aryl methyl sites for hydroxylation is 3. The topological polar surface area (TPSA) is 26.0 Å². The van der Waals surface area contributed by atoms with Gasteiger partial charge in [-0.1, -0.05) is 41.4 Å². The van der Waals surface area contributed by atoms with Gasteiger partial charge in [0.25, 0.3) is 0 Å². The minimum Gasteiger partial charge on any atom is -0.330 e. The van der Waals surface area contributed by atoms with Gasteiger partial charge in [-0.15, -0.1) is 0 Å². The van der Waals surface area contributed by atoms with Crippen LogP contribution >= 0.6 is 11.6 Å². The third kappa shape index (κ3) is 3.41. The van der Waals surface area contributed by atoms with Crippen molar-refractivity contribution < 1.29 is 0 Å². The Balaban J connectivity index is 2.34. The van der Waals surface area contributed by atoms with Crippen molar-refractivity contribution in [2.45, 2.75) is 33.1 Å². The molecule has 0 bridgehead atoms. The van der Waals surface area contributed by atoms with E-state index in [0.29, 0.717) is 12.5 Å². The molecule has 1 unspecified atom stereocenters. The van der Waals surface area contributed by atoms with Crippen LogP contribution in [0.4, 0.5) is 0 Å². The van der Waals surface area contributed by atoms with Crippen molar-refractivity contribution >= 4 is 11.6 Å². The lowest BCUT2D eigenvalue weighted by Gasteiger charge is -2.21. The summed E-state index contributed by atoms with van der Waals surface area (Å²) in [5.74, 6) is 0.342. The summed E-state index contributed by atoms with van der Waals surface area (Å²) in [4.78, 5) is 0. The fourth-order valence-electron chi connectivity index (χ4n) is 3.09. The molecule has 2 aromatic rings. The molecule has 106 valence electrons. The number of benzene rings is 2.